The fourth-order valence-corrected chi connectivity index (χ4v) is 7.31. The van der Waals surface area contributed by atoms with Gasteiger partial charge in [-0.1, -0.05) is 109 Å². The average molecular weight is 584 g/mol. The third kappa shape index (κ3) is 4.21. The van der Waals surface area contributed by atoms with Crippen molar-refractivity contribution in [2.24, 2.45) is 9.98 Å². The second kappa shape index (κ2) is 10.0. The van der Waals surface area contributed by atoms with E-state index in [9.17, 15) is 0 Å². The van der Waals surface area contributed by atoms with Crippen molar-refractivity contribution in [3.8, 4) is 11.1 Å². The number of thiophene rings is 1. The molecule has 5 heteroatoms. The van der Waals surface area contributed by atoms with E-state index in [0.717, 1.165) is 55.9 Å². The van der Waals surface area contributed by atoms with E-state index in [1.54, 1.807) is 0 Å². The average Bonchev–Trinajstić information content (AvgIpc) is 3.65. The molecule has 1 atom stereocenters. The van der Waals surface area contributed by atoms with Gasteiger partial charge in [0.1, 0.15) is 23.2 Å². The van der Waals surface area contributed by atoms with Gasteiger partial charge in [-0.25, -0.2) is 9.98 Å². The number of furan rings is 1. The minimum atomic E-state index is -0.219. The lowest BCUT2D eigenvalue weighted by Gasteiger charge is -2.23. The second-order valence-corrected chi connectivity index (χ2v) is 12.2. The number of benzene rings is 6. The van der Waals surface area contributed by atoms with E-state index in [-0.39, 0.29) is 6.17 Å². The van der Waals surface area contributed by atoms with Gasteiger partial charge in [0, 0.05) is 42.1 Å². The normalized spacial score (nSPS) is 15.0. The van der Waals surface area contributed by atoms with Crippen LogP contribution in [-0.2, 0) is 0 Å². The molecule has 44 heavy (non-hydrogen) atoms. The molecule has 3 heterocycles. The molecular formula is C39H25N3OS. The van der Waals surface area contributed by atoms with Gasteiger partial charge >= 0.3 is 0 Å². The lowest BCUT2D eigenvalue weighted by Crippen LogP contribution is -2.33. The molecule has 1 unspecified atom stereocenters. The van der Waals surface area contributed by atoms with Gasteiger partial charge in [-0.2, -0.15) is 0 Å². The zero-order valence-corrected chi connectivity index (χ0v) is 24.4. The number of hydrogen-bond acceptors (Lipinski definition) is 5. The first-order chi connectivity index (χ1) is 21.8. The van der Waals surface area contributed by atoms with Gasteiger partial charge in [-0.15, -0.1) is 11.3 Å². The predicted molar refractivity (Wildman–Crippen MR) is 184 cm³/mol. The van der Waals surface area contributed by atoms with Gasteiger partial charge in [0.05, 0.1) is 0 Å². The van der Waals surface area contributed by atoms with Crippen LogP contribution in [0, 0.1) is 0 Å². The molecule has 1 aliphatic heterocycles. The largest absolute Gasteiger partial charge is 0.456 e. The van der Waals surface area contributed by atoms with Crippen molar-refractivity contribution in [3.05, 3.63) is 156 Å². The topological polar surface area (TPSA) is 49.9 Å². The minimum Gasteiger partial charge on any atom is -0.456 e. The van der Waals surface area contributed by atoms with Crippen LogP contribution in [0.2, 0.25) is 0 Å². The van der Waals surface area contributed by atoms with Crippen molar-refractivity contribution in [1.29, 1.82) is 0 Å². The summed E-state index contributed by atoms with van der Waals surface area (Å²) in [6.45, 7) is 0. The maximum atomic E-state index is 6.17. The van der Waals surface area contributed by atoms with Crippen molar-refractivity contribution in [3.63, 3.8) is 0 Å². The van der Waals surface area contributed by atoms with Crippen LogP contribution < -0.4 is 5.32 Å². The van der Waals surface area contributed by atoms with Crippen molar-refractivity contribution in [2.45, 2.75) is 6.17 Å². The Morgan fingerprint density at radius 2 is 1.14 bits per heavy atom. The first-order valence-electron chi connectivity index (χ1n) is 14.7. The van der Waals surface area contributed by atoms with E-state index in [1.165, 1.54) is 25.7 Å². The van der Waals surface area contributed by atoms with Gasteiger partial charge in [0.25, 0.3) is 0 Å². The Balaban J connectivity index is 1.12. The SMILES string of the molecule is c1ccc(C2=NC(c3ccc4c(c3)sc3cc(-c5ccc6c(c5)oc5ccccc56)ccc34)=NC(c3ccccc3)N2)cc1. The zero-order valence-electron chi connectivity index (χ0n) is 23.6. The first kappa shape index (κ1) is 25.0. The van der Waals surface area contributed by atoms with Crippen molar-refractivity contribution in [2.75, 3.05) is 0 Å². The summed E-state index contributed by atoms with van der Waals surface area (Å²) < 4.78 is 8.64. The number of nitrogens with one attached hydrogen (secondary N) is 1. The molecule has 208 valence electrons. The molecule has 4 nitrogen and oxygen atoms in total. The quantitative estimate of drug-likeness (QED) is 0.224. The lowest BCUT2D eigenvalue weighted by atomic mass is 10.0. The highest BCUT2D eigenvalue weighted by molar-refractivity contribution is 7.25. The van der Waals surface area contributed by atoms with E-state index < -0.39 is 0 Å². The molecule has 2 aromatic heterocycles. The van der Waals surface area contributed by atoms with E-state index in [0.29, 0.717) is 0 Å². The third-order valence-electron chi connectivity index (χ3n) is 8.35. The van der Waals surface area contributed by atoms with Crippen molar-refractivity contribution < 1.29 is 4.42 Å². The summed E-state index contributed by atoms with van der Waals surface area (Å²) in [4.78, 5) is 10.1. The fourth-order valence-electron chi connectivity index (χ4n) is 6.13. The highest BCUT2D eigenvalue weighted by atomic mass is 32.1. The number of fused-ring (bicyclic) bond motifs is 6. The highest BCUT2D eigenvalue weighted by Gasteiger charge is 2.21. The number of hydrogen-bond donors (Lipinski definition) is 1. The van der Waals surface area contributed by atoms with Gasteiger partial charge in [0.15, 0.2) is 5.84 Å². The van der Waals surface area contributed by atoms with Gasteiger partial charge in [-0.05, 0) is 47.0 Å². The smallest absolute Gasteiger partial charge is 0.159 e. The fraction of sp³-hybridized carbons (Fsp3) is 0.0256. The first-order valence-corrected chi connectivity index (χ1v) is 15.5. The Morgan fingerprint density at radius 3 is 1.93 bits per heavy atom. The maximum absolute atomic E-state index is 6.17. The molecule has 1 N–H and O–H groups in total. The maximum Gasteiger partial charge on any atom is 0.159 e. The molecule has 0 radical (unpaired) electrons. The van der Waals surface area contributed by atoms with Crippen LogP contribution in [0.3, 0.4) is 0 Å². The van der Waals surface area contributed by atoms with Crippen LogP contribution in [0.4, 0.5) is 0 Å². The number of nitrogens with zero attached hydrogens (tertiary/aromatic N) is 2. The summed E-state index contributed by atoms with van der Waals surface area (Å²) in [5.41, 5.74) is 7.31. The number of aliphatic imine (C=N–C) groups is 2. The molecule has 0 fully saturated rings. The zero-order chi connectivity index (χ0) is 29.0. The minimum absolute atomic E-state index is 0.219. The number of rotatable bonds is 4. The Kier molecular flexibility index (Phi) is 5.71. The number of amidine groups is 2. The summed E-state index contributed by atoms with van der Waals surface area (Å²) in [5.74, 6) is 1.56. The van der Waals surface area contributed by atoms with Crippen LogP contribution in [-0.4, -0.2) is 11.7 Å². The van der Waals surface area contributed by atoms with Crippen molar-refractivity contribution >= 4 is 65.1 Å². The van der Waals surface area contributed by atoms with E-state index >= 15 is 0 Å². The van der Waals surface area contributed by atoms with Crippen LogP contribution >= 0.6 is 11.3 Å². The van der Waals surface area contributed by atoms with E-state index in [1.807, 2.05) is 59.9 Å². The molecule has 0 amide bonds. The summed E-state index contributed by atoms with van der Waals surface area (Å²) in [6.07, 6.45) is -0.219. The third-order valence-corrected chi connectivity index (χ3v) is 9.46. The monoisotopic (exact) mass is 583 g/mol. The summed E-state index contributed by atoms with van der Waals surface area (Å²) in [6, 6.07) is 48.7. The van der Waals surface area contributed by atoms with Gasteiger partial charge < -0.3 is 9.73 Å². The Bertz CT molecular complexity index is 2420. The molecule has 6 aromatic carbocycles. The Morgan fingerprint density at radius 1 is 0.523 bits per heavy atom. The lowest BCUT2D eigenvalue weighted by molar-refractivity contribution is 0.669. The molecule has 0 saturated heterocycles. The van der Waals surface area contributed by atoms with Gasteiger partial charge in [-0.3, -0.25) is 0 Å². The van der Waals surface area contributed by atoms with Crippen LogP contribution in [0.1, 0.15) is 22.9 Å². The molecular weight excluding hydrogens is 559 g/mol. The molecule has 9 rings (SSSR count). The standard InChI is InChI=1S/C39H25N3OS/c1-3-9-24(10-4-1)37-40-38(25-11-5-2-6-12-25)42-39(41-37)28-17-20-32-31-19-16-27(22-35(31)44-36(32)23-28)26-15-18-30-29-13-7-8-14-33(29)43-34(30)21-26/h1-23,37H,(H,40,41,42). The van der Waals surface area contributed by atoms with E-state index in [2.05, 4.69) is 96.3 Å². The van der Waals surface area contributed by atoms with E-state index in [4.69, 9.17) is 14.4 Å². The predicted octanol–water partition coefficient (Wildman–Crippen LogP) is 10.1. The second-order valence-electron chi connectivity index (χ2n) is 11.1. The summed E-state index contributed by atoms with van der Waals surface area (Å²) in [7, 11) is 0. The Labute approximate surface area is 257 Å². The molecule has 0 saturated carbocycles. The summed E-state index contributed by atoms with van der Waals surface area (Å²) >= 11 is 1.81. The molecule has 1 aliphatic rings. The molecule has 0 spiro atoms. The van der Waals surface area contributed by atoms with Crippen LogP contribution in [0.25, 0.3) is 53.2 Å². The molecule has 0 bridgehead atoms. The molecule has 8 aromatic rings. The van der Waals surface area contributed by atoms with Crippen LogP contribution in [0.15, 0.2) is 154 Å². The highest BCUT2D eigenvalue weighted by Crippen LogP contribution is 2.38. The van der Waals surface area contributed by atoms with Crippen molar-refractivity contribution in [1.82, 2.24) is 5.32 Å². The number of para-hydroxylation sites is 1. The Hall–Kier alpha value is -5.52. The summed E-state index contributed by atoms with van der Waals surface area (Å²) in [5, 5.41) is 8.34. The van der Waals surface area contributed by atoms with Gasteiger partial charge in [0.2, 0.25) is 0 Å². The van der Waals surface area contributed by atoms with Crippen LogP contribution in [0.5, 0.6) is 0 Å². The molecule has 0 aliphatic carbocycles.